The van der Waals surface area contributed by atoms with Gasteiger partial charge in [0, 0.05) is 18.4 Å². The number of rotatable bonds is 5. The maximum Gasteiger partial charge on any atom is 0.0476 e. The number of hydrogen-bond acceptors (Lipinski definition) is 0. The molecule has 1 aromatic heterocycles. The highest BCUT2D eigenvalue weighted by atomic mass is 15.0. The molecule has 1 nitrogen and oxygen atoms in total. The second kappa shape index (κ2) is 7.71. The molecule has 0 N–H and O–H groups in total. The highest BCUT2D eigenvalue weighted by Gasteiger charge is 2.06. The van der Waals surface area contributed by atoms with Crippen molar-refractivity contribution in [1.29, 1.82) is 0 Å². The fraction of sp³-hybridized carbons (Fsp3) is 0.0400. The topological polar surface area (TPSA) is 4.93 Å². The predicted octanol–water partition coefficient (Wildman–Crippen LogP) is 6.37. The zero-order valence-corrected chi connectivity index (χ0v) is 14.6. The van der Waals surface area contributed by atoms with Crippen molar-refractivity contribution in [2.45, 2.75) is 6.54 Å². The van der Waals surface area contributed by atoms with Crippen molar-refractivity contribution in [2.75, 3.05) is 0 Å². The Morgan fingerprint density at radius 3 is 1.92 bits per heavy atom. The van der Waals surface area contributed by atoms with Crippen molar-refractivity contribution >= 4 is 12.2 Å². The molecule has 0 aliphatic carbocycles. The van der Waals surface area contributed by atoms with Crippen LogP contribution in [0.3, 0.4) is 0 Å². The summed E-state index contributed by atoms with van der Waals surface area (Å²) >= 11 is 0. The molecule has 0 fully saturated rings. The smallest absolute Gasteiger partial charge is 0.0476 e. The molecule has 0 aliphatic heterocycles. The molecular formula is C25H21N. The van der Waals surface area contributed by atoms with Crippen LogP contribution >= 0.6 is 0 Å². The minimum Gasteiger partial charge on any atom is -0.343 e. The summed E-state index contributed by atoms with van der Waals surface area (Å²) in [5.41, 5.74) is 6.21. The zero-order valence-electron chi connectivity index (χ0n) is 14.6. The molecule has 0 amide bonds. The van der Waals surface area contributed by atoms with Crippen LogP contribution in [0.15, 0.2) is 103 Å². The lowest BCUT2D eigenvalue weighted by atomic mass is 10.1. The van der Waals surface area contributed by atoms with Gasteiger partial charge in [-0.05, 0) is 34.4 Å². The number of nitrogens with zero attached hydrogens (tertiary/aromatic N) is 1. The van der Waals surface area contributed by atoms with E-state index in [1.807, 2.05) is 6.07 Å². The van der Waals surface area contributed by atoms with Gasteiger partial charge in [0.1, 0.15) is 0 Å². The Kier molecular flexibility index (Phi) is 4.79. The molecule has 0 spiro atoms. The lowest BCUT2D eigenvalue weighted by molar-refractivity contribution is 0.798. The maximum atomic E-state index is 2.32. The van der Waals surface area contributed by atoms with Crippen molar-refractivity contribution in [3.8, 4) is 11.1 Å². The number of hydrogen-bond donors (Lipinski definition) is 0. The van der Waals surface area contributed by atoms with Crippen LogP contribution in [0.1, 0.15) is 16.8 Å². The van der Waals surface area contributed by atoms with Crippen LogP contribution in [0.5, 0.6) is 0 Å². The number of aromatic nitrogens is 1. The summed E-state index contributed by atoms with van der Waals surface area (Å²) in [6.45, 7) is 0.863. The van der Waals surface area contributed by atoms with Gasteiger partial charge in [0.15, 0.2) is 0 Å². The lowest BCUT2D eigenvalue weighted by Crippen LogP contribution is -1.99. The largest absolute Gasteiger partial charge is 0.343 e. The van der Waals surface area contributed by atoms with E-state index in [4.69, 9.17) is 0 Å². The van der Waals surface area contributed by atoms with Crippen molar-refractivity contribution in [1.82, 2.24) is 4.57 Å². The Morgan fingerprint density at radius 2 is 1.23 bits per heavy atom. The van der Waals surface area contributed by atoms with E-state index in [2.05, 4.69) is 114 Å². The standard InChI is InChI=1S/C25H21N/c1-4-10-21(11-5-1)16-17-25-18-24(23-14-8-3-9-15-23)20-26(25)19-22-12-6-2-7-13-22/h1-18,20H,19H2/b17-16+. The summed E-state index contributed by atoms with van der Waals surface area (Å²) in [7, 11) is 0. The van der Waals surface area contributed by atoms with Crippen LogP contribution in [0, 0.1) is 0 Å². The molecule has 126 valence electrons. The summed E-state index contributed by atoms with van der Waals surface area (Å²) in [6, 6.07) is 33.8. The van der Waals surface area contributed by atoms with Crippen LogP contribution in [0.2, 0.25) is 0 Å². The molecule has 1 heteroatoms. The van der Waals surface area contributed by atoms with Gasteiger partial charge in [-0.15, -0.1) is 0 Å². The third-order valence-electron chi connectivity index (χ3n) is 4.48. The van der Waals surface area contributed by atoms with Crippen LogP contribution in [0.4, 0.5) is 0 Å². The predicted molar refractivity (Wildman–Crippen MR) is 111 cm³/mol. The Balaban J connectivity index is 1.70. The van der Waals surface area contributed by atoms with E-state index in [1.54, 1.807) is 0 Å². The van der Waals surface area contributed by atoms with E-state index in [0.717, 1.165) is 6.54 Å². The average Bonchev–Trinajstić information content (AvgIpc) is 3.11. The van der Waals surface area contributed by atoms with Gasteiger partial charge >= 0.3 is 0 Å². The van der Waals surface area contributed by atoms with Crippen molar-refractivity contribution < 1.29 is 0 Å². The first-order chi connectivity index (χ1) is 12.9. The van der Waals surface area contributed by atoms with E-state index in [-0.39, 0.29) is 0 Å². The molecular weight excluding hydrogens is 314 g/mol. The first-order valence-corrected chi connectivity index (χ1v) is 8.91. The van der Waals surface area contributed by atoms with Gasteiger partial charge in [0.05, 0.1) is 0 Å². The van der Waals surface area contributed by atoms with E-state index >= 15 is 0 Å². The summed E-state index contributed by atoms with van der Waals surface area (Å²) in [5, 5.41) is 0. The highest BCUT2D eigenvalue weighted by molar-refractivity contribution is 5.73. The van der Waals surface area contributed by atoms with E-state index in [1.165, 1.54) is 27.9 Å². The SMILES string of the molecule is C(=C\c1cc(-c2ccccc2)cn1Cc1ccccc1)/c1ccccc1. The Hall–Kier alpha value is -3.32. The third-order valence-corrected chi connectivity index (χ3v) is 4.48. The Bertz CT molecular complexity index is 980. The van der Waals surface area contributed by atoms with Gasteiger partial charge in [-0.3, -0.25) is 0 Å². The van der Waals surface area contributed by atoms with E-state index in [9.17, 15) is 0 Å². The molecule has 3 aromatic carbocycles. The van der Waals surface area contributed by atoms with Gasteiger partial charge in [-0.25, -0.2) is 0 Å². The van der Waals surface area contributed by atoms with Gasteiger partial charge < -0.3 is 4.57 Å². The Labute approximate surface area is 154 Å². The summed E-state index contributed by atoms with van der Waals surface area (Å²) in [4.78, 5) is 0. The fourth-order valence-electron chi connectivity index (χ4n) is 3.12. The van der Waals surface area contributed by atoms with Gasteiger partial charge in [0.25, 0.3) is 0 Å². The lowest BCUT2D eigenvalue weighted by Gasteiger charge is -2.06. The minimum atomic E-state index is 0.863. The van der Waals surface area contributed by atoms with Gasteiger partial charge in [-0.1, -0.05) is 97.1 Å². The molecule has 1 heterocycles. The van der Waals surface area contributed by atoms with E-state index in [0.29, 0.717) is 0 Å². The minimum absolute atomic E-state index is 0.863. The van der Waals surface area contributed by atoms with Crippen LogP contribution < -0.4 is 0 Å². The van der Waals surface area contributed by atoms with Gasteiger partial charge in [0.2, 0.25) is 0 Å². The first kappa shape index (κ1) is 16.2. The van der Waals surface area contributed by atoms with Crippen LogP contribution in [-0.4, -0.2) is 4.57 Å². The third kappa shape index (κ3) is 3.84. The van der Waals surface area contributed by atoms with Crippen molar-refractivity contribution in [3.05, 3.63) is 120 Å². The summed E-state index contributed by atoms with van der Waals surface area (Å²) in [5.74, 6) is 0. The van der Waals surface area contributed by atoms with Gasteiger partial charge in [-0.2, -0.15) is 0 Å². The molecule has 0 radical (unpaired) electrons. The van der Waals surface area contributed by atoms with Crippen LogP contribution in [-0.2, 0) is 6.54 Å². The average molecular weight is 335 g/mol. The molecule has 0 bridgehead atoms. The molecule has 0 aliphatic rings. The van der Waals surface area contributed by atoms with Crippen molar-refractivity contribution in [3.63, 3.8) is 0 Å². The second-order valence-corrected chi connectivity index (χ2v) is 6.38. The second-order valence-electron chi connectivity index (χ2n) is 6.38. The molecule has 26 heavy (non-hydrogen) atoms. The quantitative estimate of drug-likeness (QED) is 0.399. The van der Waals surface area contributed by atoms with Crippen molar-refractivity contribution in [2.24, 2.45) is 0 Å². The number of benzene rings is 3. The molecule has 4 aromatic rings. The first-order valence-electron chi connectivity index (χ1n) is 8.91. The Morgan fingerprint density at radius 1 is 0.615 bits per heavy atom. The fourth-order valence-corrected chi connectivity index (χ4v) is 3.12. The highest BCUT2D eigenvalue weighted by Crippen LogP contribution is 2.24. The van der Waals surface area contributed by atoms with Crippen LogP contribution in [0.25, 0.3) is 23.3 Å². The molecule has 0 saturated carbocycles. The molecule has 4 rings (SSSR count). The maximum absolute atomic E-state index is 2.32. The molecule has 0 saturated heterocycles. The molecule has 0 atom stereocenters. The monoisotopic (exact) mass is 335 g/mol. The normalized spacial score (nSPS) is 11.1. The van der Waals surface area contributed by atoms with E-state index < -0.39 is 0 Å². The zero-order chi connectivity index (χ0) is 17.6. The molecule has 0 unspecified atom stereocenters. The summed E-state index contributed by atoms with van der Waals surface area (Å²) < 4.78 is 2.32. The summed E-state index contributed by atoms with van der Waals surface area (Å²) in [6.07, 6.45) is 6.61.